The van der Waals surface area contributed by atoms with Crippen molar-refractivity contribution in [3.05, 3.63) is 42.5 Å². The molecule has 1 heterocycles. The van der Waals surface area contributed by atoms with Crippen LogP contribution in [-0.2, 0) is 4.79 Å². The number of amides is 2. The van der Waals surface area contributed by atoms with E-state index in [1.807, 2.05) is 0 Å². The molecule has 5 nitrogen and oxygen atoms in total. The average Bonchev–Trinajstić information content (AvgIpc) is 3.00. The molecule has 2 amide bonds. The molecule has 1 aromatic rings. The molecule has 0 radical (unpaired) electrons. The first-order valence-electron chi connectivity index (χ1n) is 6.74. The zero-order valence-electron chi connectivity index (χ0n) is 11.7. The van der Waals surface area contributed by atoms with E-state index in [1.165, 1.54) is 0 Å². The van der Waals surface area contributed by atoms with Gasteiger partial charge in [-0.2, -0.15) is 0 Å². The highest BCUT2D eigenvalue weighted by Gasteiger charge is 2.21. The van der Waals surface area contributed by atoms with Crippen molar-refractivity contribution in [1.29, 1.82) is 0 Å². The lowest BCUT2D eigenvalue weighted by molar-refractivity contribution is -0.117. The number of rotatable bonds is 5. The second-order valence-electron chi connectivity index (χ2n) is 4.71. The lowest BCUT2D eigenvalue weighted by atomic mass is 10.1. The van der Waals surface area contributed by atoms with E-state index >= 15 is 0 Å². The van der Waals surface area contributed by atoms with Crippen LogP contribution in [0.1, 0.15) is 23.2 Å². The Morgan fingerprint density at radius 1 is 1.33 bits per heavy atom. The van der Waals surface area contributed by atoms with E-state index in [2.05, 4.69) is 22.5 Å². The van der Waals surface area contributed by atoms with Gasteiger partial charge in [-0.1, -0.05) is 6.08 Å². The predicted molar refractivity (Wildman–Crippen MR) is 85.9 cm³/mol. The van der Waals surface area contributed by atoms with E-state index in [1.54, 1.807) is 30.3 Å². The van der Waals surface area contributed by atoms with Crippen LogP contribution >= 0.6 is 12.4 Å². The topological polar surface area (TPSA) is 70.2 Å². The maximum atomic E-state index is 11.9. The van der Waals surface area contributed by atoms with Gasteiger partial charge in [-0.15, -0.1) is 19.0 Å². The maximum absolute atomic E-state index is 11.9. The first-order chi connectivity index (χ1) is 9.70. The normalized spacial score (nSPS) is 16.7. The van der Waals surface area contributed by atoms with Gasteiger partial charge in [0.25, 0.3) is 5.91 Å². The van der Waals surface area contributed by atoms with Crippen LogP contribution in [-0.4, -0.2) is 30.9 Å². The van der Waals surface area contributed by atoms with Crippen molar-refractivity contribution in [2.45, 2.75) is 18.9 Å². The molecule has 0 bridgehead atoms. The van der Waals surface area contributed by atoms with Crippen molar-refractivity contribution in [2.24, 2.45) is 0 Å². The molecule has 0 saturated carbocycles. The number of nitrogens with one attached hydrogen (secondary N) is 3. The third-order valence-corrected chi connectivity index (χ3v) is 3.20. The fourth-order valence-electron chi connectivity index (χ4n) is 2.11. The number of hydrogen-bond donors (Lipinski definition) is 3. The zero-order chi connectivity index (χ0) is 14.4. The van der Waals surface area contributed by atoms with E-state index in [0.717, 1.165) is 19.4 Å². The maximum Gasteiger partial charge on any atom is 0.251 e. The van der Waals surface area contributed by atoms with Crippen LogP contribution < -0.4 is 16.0 Å². The van der Waals surface area contributed by atoms with Crippen LogP contribution in [0.4, 0.5) is 5.69 Å². The summed E-state index contributed by atoms with van der Waals surface area (Å²) in [5.74, 6) is -0.174. The molecule has 2 rings (SSSR count). The number of anilines is 1. The third-order valence-electron chi connectivity index (χ3n) is 3.20. The number of halogens is 1. The standard InChI is InChI=1S/C15H19N3O2.ClH/c1-2-9-17-14(19)11-5-7-12(8-6-11)18-15(20)13-4-3-10-16-13;/h2,5-8,13,16H,1,3-4,9-10H2,(H,17,19)(H,18,20);1H. The average molecular weight is 310 g/mol. The number of carbonyl (C=O) groups is 2. The highest BCUT2D eigenvalue weighted by atomic mass is 35.5. The molecule has 21 heavy (non-hydrogen) atoms. The summed E-state index contributed by atoms with van der Waals surface area (Å²) in [5, 5.41) is 8.69. The second kappa shape index (κ2) is 8.44. The van der Waals surface area contributed by atoms with Crippen molar-refractivity contribution in [3.8, 4) is 0 Å². The highest BCUT2D eigenvalue weighted by Crippen LogP contribution is 2.12. The Bertz CT molecular complexity index is 496. The molecule has 1 unspecified atom stereocenters. The van der Waals surface area contributed by atoms with Crippen LogP contribution in [0.2, 0.25) is 0 Å². The van der Waals surface area contributed by atoms with Gasteiger partial charge in [-0.25, -0.2) is 0 Å². The van der Waals surface area contributed by atoms with Gasteiger partial charge < -0.3 is 16.0 Å². The Balaban J connectivity index is 0.00000220. The molecule has 0 aromatic heterocycles. The molecule has 0 spiro atoms. The van der Waals surface area contributed by atoms with Crippen LogP contribution in [0, 0.1) is 0 Å². The molecule has 3 N–H and O–H groups in total. The van der Waals surface area contributed by atoms with E-state index < -0.39 is 0 Å². The Kier molecular flexibility index (Phi) is 6.91. The van der Waals surface area contributed by atoms with Crippen molar-refractivity contribution in [3.63, 3.8) is 0 Å². The summed E-state index contributed by atoms with van der Waals surface area (Å²) < 4.78 is 0. The Labute approximate surface area is 130 Å². The summed E-state index contributed by atoms with van der Waals surface area (Å²) in [5.41, 5.74) is 1.26. The molecule has 1 aliphatic heterocycles. The van der Waals surface area contributed by atoms with Gasteiger partial charge in [0.2, 0.25) is 5.91 Å². The highest BCUT2D eigenvalue weighted by molar-refractivity contribution is 5.97. The molecule has 114 valence electrons. The molecule has 6 heteroatoms. The summed E-state index contributed by atoms with van der Waals surface area (Å²) in [6.45, 7) is 4.87. The molecule has 1 fully saturated rings. The van der Waals surface area contributed by atoms with Gasteiger partial charge in [0.05, 0.1) is 6.04 Å². The largest absolute Gasteiger partial charge is 0.349 e. The van der Waals surface area contributed by atoms with Crippen molar-refractivity contribution < 1.29 is 9.59 Å². The van der Waals surface area contributed by atoms with E-state index in [4.69, 9.17) is 0 Å². The molecule has 1 aliphatic rings. The Morgan fingerprint density at radius 3 is 2.62 bits per heavy atom. The fraction of sp³-hybridized carbons (Fsp3) is 0.333. The van der Waals surface area contributed by atoms with Crippen molar-refractivity contribution >= 4 is 29.9 Å². The van der Waals surface area contributed by atoms with Crippen LogP contribution in [0.5, 0.6) is 0 Å². The van der Waals surface area contributed by atoms with Crippen LogP contribution in [0.25, 0.3) is 0 Å². The molecule has 1 saturated heterocycles. The van der Waals surface area contributed by atoms with Gasteiger partial charge >= 0.3 is 0 Å². The molecule has 1 atom stereocenters. The van der Waals surface area contributed by atoms with Crippen molar-refractivity contribution in [2.75, 3.05) is 18.4 Å². The number of benzene rings is 1. The lowest BCUT2D eigenvalue weighted by Gasteiger charge is -2.11. The lowest BCUT2D eigenvalue weighted by Crippen LogP contribution is -2.35. The molecule has 1 aromatic carbocycles. The van der Waals surface area contributed by atoms with Crippen molar-refractivity contribution in [1.82, 2.24) is 10.6 Å². The van der Waals surface area contributed by atoms with Gasteiger partial charge in [-0.3, -0.25) is 9.59 Å². The Hall–Kier alpha value is -1.85. The van der Waals surface area contributed by atoms with E-state index in [0.29, 0.717) is 17.8 Å². The minimum absolute atomic E-state index is 0. The summed E-state index contributed by atoms with van der Waals surface area (Å²) in [6.07, 6.45) is 3.52. The van der Waals surface area contributed by atoms with Crippen LogP contribution in [0.3, 0.4) is 0 Å². The van der Waals surface area contributed by atoms with E-state index in [-0.39, 0.29) is 30.3 Å². The monoisotopic (exact) mass is 309 g/mol. The SMILES string of the molecule is C=CCNC(=O)c1ccc(NC(=O)C2CCCN2)cc1.Cl. The first kappa shape index (κ1) is 17.2. The van der Waals surface area contributed by atoms with Gasteiger partial charge in [0.15, 0.2) is 0 Å². The molecular weight excluding hydrogens is 290 g/mol. The van der Waals surface area contributed by atoms with Gasteiger partial charge in [0.1, 0.15) is 0 Å². The summed E-state index contributed by atoms with van der Waals surface area (Å²) in [4.78, 5) is 23.6. The summed E-state index contributed by atoms with van der Waals surface area (Å²) in [6, 6.07) is 6.74. The van der Waals surface area contributed by atoms with Gasteiger partial charge in [0, 0.05) is 17.8 Å². The van der Waals surface area contributed by atoms with Gasteiger partial charge in [-0.05, 0) is 43.7 Å². The predicted octanol–water partition coefficient (Wildman–Crippen LogP) is 1.71. The number of hydrogen-bond acceptors (Lipinski definition) is 3. The summed E-state index contributed by atoms with van der Waals surface area (Å²) >= 11 is 0. The quantitative estimate of drug-likeness (QED) is 0.725. The third kappa shape index (κ3) is 4.88. The second-order valence-corrected chi connectivity index (χ2v) is 4.71. The molecule has 0 aliphatic carbocycles. The Morgan fingerprint density at radius 2 is 2.05 bits per heavy atom. The van der Waals surface area contributed by atoms with Crippen LogP contribution in [0.15, 0.2) is 36.9 Å². The molecular formula is C15H20ClN3O2. The number of carbonyl (C=O) groups excluding carboxylic acids is 2. The first-order valence-corrected chi connectivity index (χ1v) is 6.74. The summed E-state index contributed by atoms with van der Waals surface area (Å²) in [7, 11) is 0. The zero-order valence-corrected chi connectivity index (χ0v) is 12.5. The fourth-order valence-corrected chi connectivity index (χ4v) is 2.11. The minimum atomic E-state index is -0.153. The smallest absolute Gasteiger partial charge is 0.251 e. The minimum Gasteiger partial charge on any atom is -0.349 e. The van der Waals surface area contributed by atoms with E-state index in [9.17, 15) is 9.59 Å².